The van der Waals surface area contributed by atoms with Crippen LogP contribution in [0.4, 0.5) is 13.2 Å². The fraction of sp³-hybridized carbons (Fsp3) is 0.348. The van der Waals surface area contributed by atoms with Gasteiger partial charge in [-0.25, -0.2) is 0 Å². The molecule has 1 aromatic carbocycles. The molecule has 1 aromatic heterocycles. The molecule has 1 fully saturated rings. The summed E-state index contributed by atoms with van der Waals surface area (Å²) >= 11 is 0. The van der Waals surface area contributed by atoms with Gasteiger partial charge in [0.05, 0.1) is 19.5 Å². The number of hydrogen-bond acceptors (Lipinski definition) is 5. The maximum Gasteiger partial charge on any atom is 0.573 e. The third kappa shape index (κ3) is 4.38. The molecule has 1 aliphatic carbocycles. The number of carbonyl (C=O) groups is 1. The van der Waals surface area contributed by atoms with E-state index in [0.29, 0.717) is 30.9 Å². The number of rotatable bonds is 5. The Balaban J connectivity index is 1.73. The van der Waals surface area contributed by atoms with Crippen LogP contribution in [0, 0.1) is 0 Å². The molecule has 0 radical (unpaired) electrons. The van der Waals surface area contributed by atoms with Gasteiger partial charge in [-0.05, 0) is 42.3 Å². The van der Waals surface area contributed by atoms with E-state index in [1.807, 2.05) is 6.08 Å². The lowest BCUT2D eigenvalue weighted by molar-refractivity contribution is -0.274. The lowest BCUT2D eigenvalue weighted by Crippen LogP contribution is -2.42. The molecule has 0 bridgehead atoms. The molecule has 4 rings (SSSR count). The number of alkyl halides is 3. The third-order valence-corrected chi connectivity index (χ3v) is 5.56. The molecule has 6 nitrogen and oxygen atoms in total. The zero-order valence-corrected chi connectivity index (χ0v) is 17.5. The molecule has 2 aromatic rings. The van der Waals surface area contributed by atoms with E-state index in [2.05, 4.69) is 4.74 Å². The average molecular weight is 449 g/mol. The first kappa shape index (κ1) is 22.0. The Kier molecular flexibility index (Phi) is 6.01. The smallest absolute Gasteiger partial charge is 0.501 e. The van der Waals surface area contributed by atoms with Crippen molar-refractivity contribution in [3.05, 3.63) is 77.0 Å². The van der Waals surface area contributed by atoms with Crippen molar-refractivity contribution in [3.8, 4) is 5.75 Å². The van der Waals surface area contributed by atoms with Crippen molar-refractivity contribution in [2.45, 2.75) is 31.3 Å². The number of carbonyl (C=O) groups excluding carboxylic acids is 1. The molecule has 0 N–H and O–H groups in total. The summed E-state index contributed by atoms with van der Waals surface area (Å²) in [4.78, 5) is 15.0. The Morgan fingerprint density at radius 1 is 1.19 bits per heavy atom. The number of nitrogens with zero attached hydrogens (tertiary/aromatic N) is 1. The highest BCUT2D eigenvalue weighted by Crippen LogP contribution is 2.45. The quantitative estimate of drug-likeness (QED) is 0.642. The molecule has 2 aliphatic rings. The lowest BCUT2D eigenvalue weighted by atomic mass is 9.82. The van der Waals surface area contributed by atoms with Gasteiger partial charge in [0.1, 0.15) is 23.3 Å². The van der Waals surface area contributed by atoms with Gasteiger partial charge in [0, 0.05) is 31.2 Å². The summed E-state index contributed by atoms with van der Waals surface area (Å²) in [6, 6.07) is 7.97. The van der Waals surface area contributed by atoms with Gasteiger partial charge >= 0.3 is 6.36 Å². The molecule has 170 valence electrons. The van der Waals surface area contributed by atoms with E-state index in [4.69, 9.17) is 13.9 Å². The second-order valence-corrected chi connectivity index (χ2v) is 7.45. The molecule has 0 saturated carbocycles. The second kappa shape index (κ2) is 8.74. The van der Waals surface area contributed by atoms with Crippen molar-refractivity contribution >= 4 is 5.91 Å². The van der Waals surface area contributed by atoms with Gasteiger partial charge in [-0.1, -0.05) is 12.1 Å². The Morgan fingerprint density at radius 3 is 2.66 bits per heavy atom. The third-order valence-electron chi connectivity index (χ3n) is 5.56. The maximum absolute atomic E-state index is 13.5. The summed E-state index contributed by atoms with van der Waals surface area (Å²) in [5.41, 5.74) is 1.90. The second-order valence-electron chi connectivity index (χ2n) is 7.45. The number of piperidine rings is 1. The molecular weight excluding hydrogens is 427 g/mol. The molecule has 1 aliphatic heterocycles. The summed E-state index contributed by atoms with van der Waals surface area (Å²) in [7, 11) is 3.19. The molecule has 2 unspecified atom stereocenters. The van der Waals surface area contributed by atoms with E-state index in [-0.39, 0.29) is 11.7 Å². The van der Waals surface area contributed by atoms with Crippen molar-refractivity contribution in [2.75, 3.05) is 20.8 Å². The molecule has 9 heteroatoms. The van der Waals surface area contributed by atoms with Crippen LogP contribution in [0.5, 0.6) is 5.75 Å². The van der Waals surface area contributed by atoms with Crippen LogP contribution in [0.3, 0.4) is 0 Å². The summed E-state index contributed by atoms with van der Waals surface area (Å²) in [5.74, 6) is 0.331. The molecule has 1 saturated heterocycles. The largest absolute Gasteiger partial charge is 0.573 e. The van der Waals surface area contributed by atoms with Gasteiger partial charge in [0.25, 0.3) is 5.91 Å². The Hall–Kier alpha value is -3.20. The average Bonchev–Trinajstić information content (AvgIpc) is 3.30. The van der Waals surface area contributed by atoms with E-state index in [1.54, 1.807) is 31.3 Å². The van der Waals surface area contributed by atoms with Gasteiger partial charge in [0.15, 0.2) is 0 Å². The zero-order chi connectivity index (χ0) is 22.9. The van der Waals surface area contributed by atoms with E-state index in [0.717, 1.165) is 23.3 Å². The first-order chi connectivity index (χ1) is 15.3. The predicted molar refractivity (Wildman–Crippen MR) is 108 cm³/mol. The minimum atomic E-state index is -4.85. The summed E-state index contributed by atoms with van der Waals surface area (Å²) < 4.78 is 58.7. The minimum Gasteiger partial charge on any atom is -0.501 e. The number of methoxy groups -OCH3 is 2. The van der Waals surface area contributed by atoms with Crippen LogP contribution >= 0.6 is 0 Å². The van der Waals surface area contributed by atoms with Crippen LogP contribution < -0.4 is 4.74 Å². The highest BCUT2D eigenvalue weighted by atomic mass is 19.4. The number of fused-ring (bicyclic) bond motifs is 1. The van der Waals surface area contributed by atoms with Crippen molar-refractivity contribution in [1.82, 2.24) is 4.90 Å². The normalized spacial score (nSPS) is 21.2. The number of likely N-dealkylation sites (tertiary alicyclic amines) is 1. The monoisotopic (exact) mass is 449 g/mol. The number of furan rings is 1. The summed E-state index contributed by atoms with van der Waals surface area (Å²) in [6.45, 7) is 0.345. The van der Waals surface area contributed by atoms with E-state index >= 15 is 0 Å². The van der Waals surface area contributed by atoms with Crippen molar-refractivity contribution in [1.29, 1.82) is 0 Å². The number of benzene rings is 1. The number of halogens is 3. The fourth-order valence-electron chi connectivity index (χ4n) is 4.22. The van der Waals surface area contributed by atoms with Gasteiger partial charge in [0.2, 0.25) is 0 Å². The number of amides is 1. The van der Waals surface area contributed by atoms with Crippen molar-refractivity contribution in [2.24, 2.45) is 0 Å². The Bertz CT molecular complexity index is 1040. The molecular formula is C23H22F3NO5. The number of hydrogen-bond donors (Lipinski definition) is 0. The molecule has 2 heterocycles. The zero-order valence-electron chi connectivity index (χ0n) is 17.5. The molecule has 2 atom stereocenters. The van der Waals surface area contributed by atoms with Crippen LogP contribution in [-0.4, -0.2) is 44.0 Å². The first-order valence-corrected chi connectivity index (χ1v) is 10.0. The van der Waals surface area contributed by atoms with E-state index in [1.165, 1.54) is 18.4 Å². The lowest BCUT2D eigenvalue weighted by Gasteiger charge is -2.41. The molecule has 1 amide bonds. The predicted octanol–water partition coefficient (Wildman–Crippen LogP) is 5.01. The van der Waals surface area contributed by atoms with E-state index in [9.17, 15) is 18.0 Å². The minimum absolute atomic E-state index is 0.0841. The Labute approximate surface area is 182 Å². The van der Waals surface area contributed by atoms with Crippen molar-refractivity contribution < 1.29 is 36.6 Å². The van der Waals surface area contributed by atoms with Gasteiger partial charge in [-0.3, -0.25) is 4.79 Å². The highest BCUT2D eigenvalue weighted by molar-refractivity contribution is 5.95. The number of ether oxygens (including phenoxy) is 3. The van der Waals surface area contributed by atoms with Crippen LogP contribution in [0.25, 0.3) is 0 Å². The fourth-order valence-corrected chi connectivity index (χ4v) is 4.22. The molecule has 0 spiro atoms. The maximum atomic E-state index is 13.5. The van der Waals surface area contributed by atoms with Crippen molar-refractivity contribution in [3.63, 3.8) is 0 Å². The first-order valence-electron chi connectivity index (χ1n) is 10.0. The molecule has 32 heavy (non-hydrogen) atoms. The highest BCUT2D eigenvalue weighted by Gasteiger charge is 2.41. The van der Waals surface area contributed by atoms with Gasteiger partial charge in [-0.15, -0.1) is 13.2 Å². The van der Waals surface area contributed by atoms with Gasteiger partial charge < -0.3 is 23.5 Å². The van der Waals surface area contributed by atoms with Gasteiger partial charge in [-0.2, -0.15) is 0 Å². The van der Waals surface area contributed by atoms with Crippen LogP contribution in [0.1, 0.15) is 35.0 Å². The Morgan fingerprint density at radius 2 is 2.00 bits per heavy atom. The topological polar surface area (TPSA) is 61.1 Å². The van der Waals surface area contributed by atoms with Crippen LogP contribution in [0.2, 0.25) is 0 Å². The van der Waals surface area contributed by atoms with Crippen LogP contribution in [-0.2, 0) is 9.47 Å². The summed E-state index contributed by atoms with van der Waals surface area (Å²) in [5, 5.41) is 0. The summed E-state index contributed by atoms with van der Waals surface area (Å²) in [6.07, 6.45) is -0.403. The van der Waals surface area contributed by atoms with Crippen LogP contribution in [0.15, 0.2) is 70.1 Å². The standard InChI is InChI=1S/C23H22F3NO5/c1-29-17-11-14-8-9-27(21(18-7-4-10-31-18)20(14)19(13-17)30-2)22(28)15-5-3-6-16(12-15)32-23(24,25)26/h3-7,10-12,17,21H,8-9,13H2,1-2H3. The van der Waals surface area contributed by atoms with E-state index < -0.39 is 24.1 Å². The SMILES string of the molecule is COC1=C2C(=CC(OC)C1)CCN(C(=O)c1cccc(OC(F)(F)F)c1)C2c1ccco1.